The maximum Gasteiger partial charge on any atom is 0.260 e. The fourth-order valence-electron chi connectivity index (χ4n) is 2.93. The summed E-state index contributed by atoms with van der Waals surface area (Å²) >= 11 is 5.14. The minimum absolute atomic E-state index is 0.304. The van der Waals surface area contributed by atoms with E-state index in [9.17, 15) is 8.42 Å². The normalized spacial score (nSPS) is 19.9. The first-order valence-electron chi connectivity index (χ1n) is 8.38. The molecule has 1 aromatic rings. The van der Waals surface area contributed by atoms with Gasteiger partial charge in [-0.25, -0.2) is 8.42 Å². The second-order valence-electron chi connectivity index (χ2n) is 5.95. The summed E-state index contributed by atoms with van der Waals surface area (Å²) in [5.74, 6) is 0.676. The molecule has 2 heterocycles. The number of benzene rings is 1. The number of nitrogens with zero attached hydrogens (tertiary/aromatic N) is 3. The van der Waals surface area contributed by atoms with E-state index < -0.39 is 10.0 Å². The van der Waals surface area contributed by atoms with Gasteiger partial charge >= 0.3 is 0 Å². The van der Waals surface area contributed by atoms with Crippen LogP contribution in [0.1, 0.15) is 6.92 Å². The van der Waals surface area contributed by atoms with Crippen LogP contribution < -0.4 is 4.74 Å². The second kappa shape index (κ2) is 7.86. The van der Waals surface area contributed by atoms with E-state index >= 15 is 0 Å². The average Bonchev–Trinajstić information content (AvgIpc) is 3.01. The van der Waals surface area contributed by atoms with Crippen LogP contribution >= 0.6 is 12.2 Å². The Morgan fingerprint density at radius 3 is 2.36 bits per heavy atom. The highest BCUT2D eigenvalue weighted by molar-refractivity contribution is 7.89. The number of rotatable bonds is 6. The fourth-order valence-corrected chi connectivity index (χ4v) is 4.58. The maximum atomic E-state index is 12.8. The molecule has 2 saturated heterocycles. The number of ether oxygens (including phenoxy) is 2. The molecule has 0 aromatic heterocycles. The highest BCUT2D eigenvalue weighted by atomic mass is 32.2. The van der Waals surface area contributed by atoms with Gasteiger partial charge in [-0.1, -0.05) is 0 Å². The summed E-state index contributed by atoms with van der Waals surface area (Å²) < 4.78 is 37.7. The summed E-state index contributed by atoms with van der Waals surface area (Å²) in [4.78, 5) is 4.51. The topological polar surface area (TPSA) is 62.3 Å². The molecular formula is C16H23N3O4S2. The summed E-state index contributed by atoms with van der Waals surface area (Å²) in [5.41, 5.74) is 0. The van der Waals surface area contributed by atoms with E-state index in [0.29, 0.717) is 61.9 Å². The van der Waals surface area contributed by atoms with Gasteiger partial charge in [-0.15, -0.1) is 0 Å². The van der Waals surface area contributed by atoms with Crippen molar-refractivity contribution in [1.82, 2.24) is 14.1 Å². The molecule has 0 spiro atoms. The predicted molar refractivity (Wildman–Crippen MR) is 98.1 cm³/mol. The lowest BCUT2D eigenvalue weighted by Gasteiger charge is -2.35. The van der Waals surface area contributed by atoms with Gasteiger partial charge in [0.05, 0.1) is 24.7 Å². The molecule has 1 aromatic carbocycles. The van der Waals surface area contributed by atoms with Crippen LogP contribution in [0.4, 0.5) is 0 Å². The number of piperazine rings is 1. The second-order valence-corrected chi connectivity index (χ2v) is 8.23. The molecule has 0 unspecified atom stereocenters. The van der Waals surface area contributed by atoms with Crippen LogP contribution in [0.2, 0.25) is 0 Å². The van der Waals surface area contributed by atoms with Crippen LogP contribution in [0.3, 0.4) is 0 Å². The van der Waals surface area contributed by atoms with Gasteiger partial charge < -0.3 is 14.4 Å². The predicted octanol–water partition coefficient (Wildman–Crippen LogP) is 0.966. The molecule has 138 valence electrons. The molecule has 7 nitrogen and oxygen atoms in total. The van der Waals surface area contributed by atoms with Crippen LogP contribution in [0.25, 0.3) is 0 Å². The lowest BCUT2D eigenvalue weighted by atomic mass is 10.3. The van der Waals surface area contributed by atoms with Gasteiger partial charge in [0.2, 0.25) is 10.0 Å². The molecule has 2 aliphatic heterocycles. The molecule has 0 aliphatic carbocycles. The van der Waals surface area contributed by atoms with Gasteiger partial charge in [0.1, 0.15) is 12.4 Å². The summed E-state index contributed by atoms with van der Waals surface area (Å²) in [7, 11) is -3.47. The Hall–Kier alpha value is -1.42. The molecule has 9 heteroatoms. The Bertz CT molecular complexity index is 701. The molecule has 0 bridgehead atoms. The summed E-state index contributed by atoms with van der Waals surface area (Å²) in [6.45, 7) is 6.85. The summed E-state index contributed by atoms with van der Waals surface area (Å²) in [5, 5.41) is 0.532. The van der Waals surface area contributed by atoms with Crippen LogP contribution in [0, 0.1) is 0 Å². The molecule has 2 fully saturated rings. The van der Waals surface area contributed by atoms with Crippen molar-refractivity contribution in [1.29, 1.82) is 0 Å². The smallest absolute Gasteiger partial charge is 0.260 e. The molecule has 2 aliphatic rings. The third kappa shape index (κ3) is 4.22. The lowest BCUT2D eigenvalue weighted by Crippen LogP contribution is -2.51. The van der Waals surface area contributed by atoms with Crippen molar-refractivity contribution in [3.8, 4) is 5.75 Å². The molecule has 0 atom stereocenters. The largest absolute Gasteiger partial charge is 0.494 e. The van der Waals surface area contributed by atoms with Crippen molar-refractivity contribution in [2.24, 2.45) is 0 Å². The molecule has 3 rings (SSSR count). The Morgan fingerprint density at radius 1 is 1.12 bits per heavy atom. The lowest BCUT2D eigenvalue weighted by molar-refractivity contribution is 0.142. The Morgan fingerprint density at radius 2 is 1.80 bits per heavy atom. The first-order valence-corrected chi connectivity index (χ1v) is 10.2. The van der Waals surface area contributed by atoms with Crippen molar-refractivity contribution in [3.05, 3.63) is 24.3 Å². The van der Waals surface area contributed by atoms with Crippen LogP contribution in [0.15, 0.2) is 29.2 Å². The molecular weight excluding hydrogens is 362 g/mol. The summed E-state index contributed by atoms with van der Waals surface area (Å²) in [6.07, 6.45) is 0. The van der Waals surface area contributed by atoms with Crippen LogP contribution in [0.5, 0.6) is 5.75 Å². The molecule has 25 heavy (non-hydrogen) atoms. The standard InChI is InChI=1S/C16H23N3O4S2/c1-2-22-14-3-5-15(6-4-14)25(20,21)19-9-7-17(8-10-19)13-18-11-12-23-16(18)24/h3-6H,2,7-13H2,1H3. The number of hydrogen-bond acceptors (Lipinski definition) is 6. The molecule has 0 N–H and O–H groups in total. The molecule has 0 saturated carbocycles. The zero-order valence-electron chi connectivity index (χ0n) is 14.3. The van der Waals surface area contributed by atoms with Crippen molar-refractivity contribution in [2.45, 2.75) is 11.8 Å². The van der Waals surface area contributed by atoms with Gasteiger partial charge in [0, 0.05) is 26.2 Å². The average molecular weight is 386 g/mol. The van der Waals surface area contributed by atoms with Crippen molar-refractivity contribution in [3.63, 3.8) is 0 Å². The van der Waals surface area contributed by atoms with E-state index in [0.717, 1.165) is 6.54 Å². The quantitative estimate of drug-likeness (QED) is 0.676. The van der Waals surface area contributed by atoms with E-state index in [2.05, 4.69) is 4.90 Å². The summed E-state index contributed by atoms with van der Waals surface area (Å²) in [6, 6.07) is 6.60. The Labute approximate surface area is 154 Å². The molecule has 0 amide bonds. The van der Waals surface area contributed by atoms with E-state index in [-0.39, 0.29) is 0 Å². The van der Waals surface area contributed by atoms with Gasteiger partial charge in [0.15, 0.2) is 0 Å². The zero-order chi connectivity index (χ0) is 17.9. The monoisotopic (exact) mass is 385 g/mol. The van der Waals surface area contributed by atoms with E-state index in [1.165, 1.54) is 4.31 Å². The van der Waals surface area contributed by atoms with E-state index in [1.807, 2.05) is 11.8 Å². The van der Waals surface area contributed by atoms with Gasteiger partial charge in [0.25, 0.3) is 5.17 Å². The van der Waals surface area contributed by atoms with Gasteiger partial charge in [-0.05, 0) is 43.4 Å². The number of sulfonamides is 1. The third-order valence-electron chi connectivity index (χ3n) is 4.32. The Balaban J connectivity index is 1.58. The highest BCUT2D eigenvalue weighted by Gasteiger charge is 2.30. The zero-order valence-corrected chi connectivity index (χ0v) is 15.9. The SMILES string of the molecule is CCOc1ccc(S(=O)(=O)N2CCN(CN3CCOC3=S)CC2)cc1. The van der Waals surface area contributed by atoms with E-state index in [4.69, 9.17) is 21.7 Å². The van der Waals surface area contributed by atoms with Crippen LogP contribution in [-0.2, 0) is 14.8 Å². The van der Waals surface area contributed by atoms with Crippen LogP contribution in [-0.4, -0.2) is 80.3 Å². The van der Waals surface area contributed by atoms with E-state index in [1.54, 1.807) is 24.3 Å². The first-order chi connectivity index (χ1) is 12.0. The van der Waals surface area contributed by atoms with Crippen molar-refractivity contribution < 1.29 is 17.9 Å². The fraction of sp³-hybridized carbons (Fsp3) is 0.562. The van der Waals surface area contributed by atoms with Crippen molar-refractivity contribution >= 4 is 27.4 Å². The number of hydrogen-bond donors (Lipinski definition) is 0. The first kappa shape index (κ1) is 18.4. The number of thiocarbonyl (C=S) groups is 1. The minimum Gasteiger partial charge on any atom is -0.494 e. The Kier molecular flexibility index (Phi) is 5.78. The molecule has 0 radical (unpaired) electrons. The highest BCUT2D eigenvalue weighted by Crippen LogP contribution is 2.21. The maximum absolute atomic E-state index is 12.8. The van der Waals surface area contributed by atoms with Gasteiger partial charge in [-0.3, -0.25) is 4.90 Å². The minimum atomic E-state index is -3.47. The van der Waals surface area contributed by atoms with Gasteiger partial charge in [-0.2, -0.15) is 4.31 Å². The third-order valence-corrected chi connectivity index (χ3v) is 6.61. The van der Waals surface area contributed by atoms with Crippen molar-refractivity contribution in [2.75, 3.05) is 52.6 Å².